The van der Waals surface area contributed by atoms with E-state index in [1.54, 1.807) is 6.20 Å². The Labute approximate surface area is 184 Å². The number of rotatable bonds is 7. The number of methoxy groups -OCH3 is 1. The van der Waals surface area contributed by atoms with Crippen molar-refractivity contribution in [1.29, 1.82) is 0 Å². The predicted molar refractivity (Wildman–Crippen MR) is 119 cm³/mol. The number of guanidine groups is 1. The average molecular weight is 502 g/mol. The second-order valence-electron chi connectivity index (χ2n) is 7.44. The number of carbonyl (C=O) groups excluding carboxylic acids is 1. The fourth-order valence-electron chi connectivity index (χ4n) is 3.31. The number of halogens is 1. The molecule has 2 atom stereocenters. The molecule has 2 heterocycles. The highest BCUT2D eigenvalue weighted by Gasteiger charge is 2.36. The normalized spacial score (nSPS) is 21.8. The van der Waals surface area contributed by atoms with Crippen molar-refractivity contribution in [3.63, 3.8) is 0 Å². The summed E-state index contributed by atoms with van der Waals surface area (Å²) in [6.45, 7) is 7.62. The Balaban J connectivity index is 0.00000280. The fraction of sp³-hybridized carbons (Fsp3) is 0.650. The number of aliphatic imine (C=N–C) groups is 1. The second kappa shape index (κ2) is 10.8. The zero-order valence-corrected chi connectivity index (χ0v) is 19.2. The molecule has 156 valence electrons. The van der Waals surface area contributed by atoms with Crippen LogP contribution in [0.15, 0.2) is 23.3 Å². The topological polar surface area (TPSA) is 76.1 Å². The lowest BCUT2D eigenvalue weighted by atomic mass is 9.99. The summed E-state index contributed by atoms with van der Waals surface area (Å²) in [5.41, 5.74) is 1.06. The van der Waals surface area contributed by atoms with Crippen LogP contribution in [0.5, 0.6) is 5.88 Å². The Morgan fingerprint density at radius 3 is 2.86 bits per heavy atom. The van der Waals surface area contributed by atoms with Gasteiger partial charge >= 0.3 is 5.97 Å². The number of ether oxygens (including phenoxy) is 2. The Morgan fingerprint density at radius 2 is 2.18 bits per heavy atom. The molecule has 0 bridgehead atoms. The number of nitrogens with zero attached hydrogens (tertiary/aromatic N) is 3. The minimum absolute atomic E-state index is 0. The molecule has 0 radical (unpaired) electrons. The Bertz CT molecular complexity index is 681. The highest BCUT2D eigenvalue weighted by atomic mass is 127. The summed E-state index contributed by atoms with van der Waals surface area (Å²) < 4.78 is 10.7. The van der Waals surface area contributed by atoms with E-state index in [2.05, 4.69) is 22.1 Å². The smallest absolute Gasteiger partial charge is 0.310 e. The van der Waals surface area contributed by atoms with Crippen molar-refractivity contribution in [2.75, 3.05) is 33.4 Å². The van der Waals surface area contributed by atoms with Crippen LogP contribution in [0.4, 0.5) is 0 Å². The quantitative estimate of drug-likeness (QED) is 0.268. The summed E-state index contributed by atoms with van der Waals surface area (Å²) in [5.74, 6) is 2.18. The molecule has 3 rings (SSSR count). The minimum atomic E-state index is -0.146. The van der Waals surface area contributed by atoms with E-state index in [-0.39, 0.29) is 41.8 Å². The first-order chi connectivity index (χ1) is 13.1. The SMILES string of the molecule is CCNC(=NCc1ccnc(OCC2CC2)c1)N1CC(C)C(C(=O)OC)C1.I. The lowest BCUT2D eigenvalue weighted by Crippen LogP contribution is -2.40. The van der Waals surface area contributed by atoms with Crippen LogP contribution in [-0.4, -0.2) is 55.2 Å². The summed E-state index contributed by atoms with van der Waals surface area (Å²) >= 11 is 0. The molecule has 2 fully saturated rings. The van der Waals surface area contributed by atoms with Crippen molar-refractivity contribution in [3.8, 4) is 5.88 Å². The molecule has 7 nitrogen and oxygen atoms in total. The van der Waals surface area contributed by atoms with Crippen molar-refractivity contribution in [3.05, 3.63) is 23.9 Å². The van der Waals surface area contributed by atoms with Gasteiger partial charge in [-0.25, -0.2) is 9.98 Å². The molecule has 1 aromatic heterocycles. The molecule has 2 aliphatic rings. The van der Waals surface area contributed by atoms with Crippen LogP contribution in [0.2, 0.25) is 0 Å². The first-order valence-corrected chi connectivity index (χ1v) is 9.79. The Kier molecular flexibility index (Phi) is 8.78. The maximum Gasteiger partial charge on any atom is 0.310 e. The number of esters is 1. The van der Waals surface area contributed by atoms with Gasteiger partial charge in [-0.1, -0.05) is 6.92 Å². The standard InChI is InChI=1S/C20H30N4O3.HI/c1-4-21-20(24-11-14(2)17(12-24)19(25)26-3)23-10-16-7-8-22-18(9-16)27-13-15-5-6-15;/h7-9,14-15,17H,4-6,10-13H2,1-3H3,(H,21,23);1H. The molecule has 8 heteroatoms. The van der Waals surface area contributed by atoms with Crippen molar-refractivity contribution in [1.82, 2.24) is 15.2 Å². The van der Waals surface area contributed by atoms with Crippen LogP contribution in [0.3, 0.4) is 0 Å². The van der Waals surface area contributed by atoms with Crippen molar-refractivity contribution < 1.29 is 14.3 Å². The number of hydrogen-bond donors (Lipinski definition) is 1. The summed E-state index contributed by atoms with van der Waals surface area (Å²) in [7, 11) is 1.45. The highest BCUT2D eigenvalue weighted by Crippen LogP contribution is 2.29. The summed E-state index contributed by atoms with van der Waals surface area (Å²) in [4.78, 5) is 23.1. The van der Waals surface area contributed by atoms with E-state index in [0.717, 1.165) is 31.2 Å². The van der Waals surface area contributed by atoms with Gasteiger partial charge in [-0.15, -0.1) is 24.0 Å². The van der Waals surface area contributed by atoms with Gasteiger partial charge in [0, 0.05) is 31.9 Å². The first kappa shape index (κ1) is 22.7. The Hall–Kier alpha value is -1.58. The zero-order valence-electron chi connectivity index (χ0n) is 16.9. The molecule has 0 aromatic carbocycles. The van der Waals surface area contributed by atoms with Gasteiger partial charge in [-0.05, 0) is 43.2 Å². The van der Waals surface area contributed by atoms with Gasteiger partial charge in [0.25, 0.3) is 0 Å². The van der Waals surface area contributed by atoms with Gasteiger partial charge in [0.05, 0.1) is 26.2 Å². The van der Waals surface area contributed by atoms with E-state index in [4.69, 9.17) is 14.5 Å². The summed E-state index contributed by atoms with van der Waals surface area (Å²) in [6.07, 6.45) is 4.29. The van der Waals surface area contributed by atoms with Crippen LogP contribution in [0.25, 0.3) is 0 Å². The van der Waals surface area contributed by atoms with Crippen molar-refractivity contribution in [2.24, 2.45) is 22.7 Å². The van der Waals surface area contributed by atoms with E-state index in [9.17, 15) is 4.79 Å². The van der Waals surface area contributed by atoms with Crippen molar-refractivity contribution in [2.45, 2.75) is 33.2 Å². The average Bonchev–Trinajstić information content (AvgIpc) is 3.43. The van der Waals surface area contributed by atoms with Crippen LogP contribution in [-0.2, 0) is 16.1 Å². The number of pyridine rings is 1. The van der Waals surface area contributed by atoms with Crippen LogP contribution < -0.4 is 10.1 Å². The van der Waals surface area contributed by atoms with E-state index in [0.29, 0.717) is 24.9 Å². The lowest BCUT2D eigenvalue weighted by molar-refractivity contribution is -0.145. The lowest BCUT2D eigenvalue weighted by Gasteiger charge is -2.21. The van der Waals surface area contributed by atoms with Gasteiger partial charge in [-0.2, -0.15) is 0 Å². The number of nitrogens with one attached hydrogen (secondary N) is 1. The third-order valence-electron chi connectivity index (χ3n) is 5.13. The fourth-order valence-corrected chi connectivity index (χ4v) is 3.31. The second-order valence-corrected chi connectivity index (χ2v) is 7.44. The molecule has 1 aliphatic heterocycles. The molecule has 0 amide bonds. The predicted octanol–water partition coefficient (Wildman–Crippen LogP) is 2.69. The number of carbonyl (C=O) groups is 1. The van der Waals surface area contributed by atoms with E-state index < -0.39 is 0 Å². The monoisotopic (exact) mass is 502 g/mol. The molecule has 28 heavy (non-hydrogen) atoms. The largest absolute Gasteiger partial charge is 0.477 e. The maximum absolute atomic E-state index is 12.0. The van der Waals surface area contributed by atoms with Gasteiger partial charge < -0.3 is 19.7 Å². The molecule has 0 spiro atoms. The third-order valence-corrected chi connectivity index (χ3v) is 5.13. The van der Waals surface area contributed by atoms with E-state index in [1.807, 2.05) is 19.1 Å². The van der Waals surface area contributed by atoms with Gasteiger partial charge in [-0.3, -0.25) is 4.79 Å². The van der Waals surface area contributed by atoms with Crippen molar-refractivity contribution >= 4 is 35.9 Å². The van der Waals surface area contributed by atoms with Crippen LogP contribution >= 0.6 is 24.0 Å². The number of aromatic nitrogens is 1. The highest BCUT2D eigenvalue weighted by molar-refractivity contribution is 14.0. The summed E-state index contributed by atoms with van der Waals surface area (Å²) in [5, 5.41) is 3.33. The van der Waals surface area contributed by atoms with Gasteiger partial charge in [0.1, 0.15) is 0 Å². The molecular weight excluding hydrogens is 471 g/mol. The van der Waals surface area contributed by atoms with Gasteiger partial charge in [0.2, 0.25) is 5.88 Å². The molecule has 1 saturated carbocycles. The Morgan fingerprint density at radius 1 is 1.39 bits per heavy atom. The summed E-state index contributed by atoms with van der Waals surface area (Å²) in [6, 6.07) is 3.92. The maximum atomic E-state index is 12.0. The minimum Gasteiger partial charge on any atom is -0.477 e. The van der Waals surface area contributed by atoms with Gasteiger partial charge in [0.15, 0.2) is 5.96 Å². The van der Waals surface area contributed by atoms with E-state index in [1.165, 1.54) is 20.0 Å². The van der Waals surface area contributed by atoms with E-state index >= 15 is 0 Å². The third kappa shape index (κ3) is 6.22. The number of likely N-dealkylation sites (tertiary alicyclic amines) is 1. The first-order valence-electron chi connectivity index (χ1n) is 9.79. The van der Waals surface area contributed by atoms with Crippen LogP contribution in [0, 0.1) is 17.8 Å². The molecule has 1 aliphatic carbocycles. The molecule has 1 saturated heterocycles. The molecule has 1 aromatic rings. The molecule has 2 unspecified atom stereocenters. The number of hydrogen-bond acceptors (Lipinski definition) is 5. The zero-order chi connectivity index (χ0) is 19.2. The molecule has 1 N–H and O–H groups in total. The van der Waals surface area contributed by atoms with Crippen LogP contribution in [0.1, 0.15) is 32.3 Å². The molecular formula is C20H31IN4O3.